The van der Waals surface area contributed by atoms with Crippen molar-refractivity contribution in [1.29, 1.82) is 0 Å². The lowest BCUT2D eigenvalue weighted by atomic mass is 9.91. The first kappa shape index (κ1) is 14.1. The largest absolute Gasteiger partial charge is 0.469 e. The number of rotatable bonds is 4. The topological polar surface area (TPSA) is 42.7 Å². The standard InChI is InChI=1S/C15H23NO3/c1-4-14-13(6-5-8-19-14)15(17)16(3)10-12-7-9-18-11(12)2/h7,9,13-14H,4-6,8,10H2,1-3H3/t13-,14+/m0/s1. The Morgan fingerprint density at radius 2 is 2.32 bits per heavy atom. The molecule has 19 heavy (non-hydrogen) atoms. The number of furan rings is 1. The molecule has 0 saturated carbocycles. The molecule has 4 nitrogen and oxygen atoms in total. The predicted molar refractivity (Wildman–Crippen MR) is 72.7 cm³/mol. The van der Waals surface area contributed by atoms with Crippen LogP contribution in [0.4, 0.5) is 0 Å². The zero-order chi connectivity index (χ0) is 13.8. The van der Waals surface area contributed by atoms with Gasteiger partial charge in [-0.25, -0.2) is 0 Å². The van der Waals surface area contributed by atoms with E-state index in [9.17, 15) is 4.79 Å². The van der Waals surface area contributed by atoms with Crippen molar-refractivity contribution in [2.45, 2.75) is 45.8 Å². The second-order valence-corrected chi connectivity index (χ2v) is 5.26. The molecule has 2 rings (SSSR count). The predicted octanol–water partition coefficient (Wildman–Crippen LogP) is 2.75. The van der Waals surface area contributed by atoms with Crippen molar-refractivity contribution in [3.8, 4) is 0 Å². The molecule has 1 aliphatic rings. The molecule has 106 valence electrons. The van der Waals surface area contributed by atoms with Gasteiger partial charge in [-0.15, -0.1) is 0 Å². The van der Waals surface area contributed by atoms with E-state index in [-0.39, 0.29) is 17.9 Å². The van der Waals surface area contributed by atoms with E-state index in [2.05, 4.69) is 6.92 Å². The molecular formula is C15H23NO3. The molecule has 1 fully saturated rings. The van der Waals surface area contributed by atoms with Crippen LogP contribution in [-0.4, -0.2) is 30.6 Å². The molecule has 1 aromatic heterocycles. The van der Waals surface area contributed by atoms with E-state index in [1.54, 1.807) is 11.2 Å². The Morgan fingerprint density at radius 1 is 1.53 bits per heavy atom. The zero-order valence-electron chi connectivity index (χ0n) is 12.0. The van der Waals surface area contributed by atoms with Crippen molar-refractivity contribution >= 4 is 5.91 Å². The normalized spacial score (nSPS) is 23.3. The Hall–Kier alpha value is -1.29. The summed E-state index contributed by atoms with van der Waals surface area (Å²) in [5.74, 6) is 1.08. The summed E-state index contributed by atoms with van der Waals surface area (Å²) in [4.78, 5) is 14.3. The van der Waals surface area contributed by atoms with Crippen LogP contribution in [0, 0.1) is 12.8 Å². The van der Waals surface area contributed by atoms with Crippen LogP contribution in [0.2, 0.25) is 0 Å². The highest BCUT2D eigenvalue weighted by Gasteiger charge is 2.32. The van der Waals surface area contributed by atoms with Gasteiger partial charge in [0.2, 0.25) is 5.91 Å². The van der Waals surface area contributed by atoms with E-state index < -0.39 is 0 Å². The average molecular weight is 265 g/mol. The summed E-state index contributed by atoms with van der Waals surface area (Å²) in [5.41, 5.74) is 1.07. The molecule has 0 spiro atoms. The zero-order valence-corrected chi connectivity index (χ0v) is 12.0. The number of carbonyl (C=O) groups is 1. The summed E-state index contributed by atoms with van der Waals surface area (Å²) >= 11 is 0. The Bertz CT molecular complexity index is 427. The SMILES string of the molecule is CC[C@H]1OCCC[C@@H]1C(=O)N(C)Cc1ccoc1C. The van der Waals surface area contributed by atoms with E-state index in [0.29, 0.717) is 6.54 Å². The molecule has 0 N–H and O–H groups in total. The van der Waals surface area contributed by atoms with Gasteiger partial charge in [0.1, 0.15) is 5.76 Å². The third kappa shape index (κ3) is 3.18. The molecule has 1 saturated heterocycles. The number of amides is 1. The number of hydrogen-bond acceptors (Lipinski definition) is 3. The Balaban J connectivity index is 2.00. The molecule has 1 aromatic rings. The molecule has 2 heterocycles. The molecule has 0 aromatic carbocycles. The lowest BCUT2D eigenvalue weighted by Gasteiger charge is -2.32. The van der Waals surface area contributed by atoms with E-state index in [1.807, 2.05) is 20.0 Å². The second-order valence-electron chi connectivity index (χ2n) is 5.26. The van der Waals surface area contributed by atoms with Crippen LogP contribution < -0.4 is 0 Å². The minimum Gasteiger partial charge on any atom is -0.469 e. The smallest absolute Gasteiger partial charge is 0.228 e. The van der Waals surface area contributed by atoms with Gasteiger partial charge in [0.05, 0.1) is 18.3 Å². The Kier molecular flexibility index (Phi) is 4.64. The minimum atomic E-state index is 0.0101. The first-order chi connectivity index (χ1) is 9.13. The molecule has 0 unspecified atom stereocenters. The molecule has 4 heteroatoms. The number of carbonyl (C=O) groups excluding carboxylic acids is 1. The first-order valence-corrected chi connectivity index (χ1v) is 7.03. The van der Waals surface area contributed by atoms with Gasteiger partial charge in [0.15, 0.2) is 0 Å². The molecule has 0 radical (unpaired) electrons. The van der Waals surface area contributed by atoms with Crippen LogP contribution in [0.1, 0.15) is 37.5 Å². The van der Waals surface area contributed by atoms with Crippen molar-refractivity contribution < 1.29 is 13.9 Å². The van der Waals surface area contributed by atoms with Crippen LogP contribution in [0.15, 0.2) is 16.7 Å². The summed E-state index contributed by atoms with van der Waals surface area (Å²) in [5, 5.41) is 0. The first-order valence-electron chi connectivity index (χ1n) is 7.03. The maximum Gasteiger partial charge on any atom is 0.228 e. The minimum absolute atomic E-state index is 0.0101. The number of aryl methyl sites for hydroxylation is 1. The van der Waals surface area contributed by atoms with Gasteiger partial charge in [0, 0.05) is 25.8 Å². The fourth-order valence-corrected chi connectivity index (χ4v) is 2.72. The van der Waals surface area contributed by atoms with Gasteiger partial charge >= 0.3 is 0 Å². The fourth-order valence-electron chi connectivity index (χ4n) is 2.72. The maximum atomic E-state index is 12.5. The van der Waals surface area contributed by atoms with Crippen LogP contribution in [0.5, 0.6) is 0 Å². The number of nitrogens with zero attached hydrogens (tertiary/aromatic N) is 1. The summed E-state index contributed by atoms with van der Waals surface area (Å²) < 4.78 is 11.0. The lowest BCUT2D eigenvalue weighted by Crippen LogP contribution is -2.41. The van der Waals surface area contributed by atoms with Gasteiger partial charge in [-0.1, -0.05) is 6.92 Å². The fraction of sp³-hybridized carbons (Fsp3) is 0.667. The highest BCUT2D eigenvalue weighted by Crippen LogP contribution is 2.25. The van der Waals surface area contributed by atoms with Crippen molar-refractivity contribution in [1.82, 2.24) is 4.90 Å². The molecule has 1 aliphatic heterocycles. The van der Waals surface area contributed by atoms with E-state index in [0.717, 1.165) is 37.2 Å². The summed E-state index contributed by atoms with van der Waals surface area (Å²) in [6, 6.07) is 1.92. The highest BCUT2D eigenvalue weighted by molar-refractivity contribution is 5.79. The number of hydrogen-bond donors (Lipinski definition) is 0. The summed E-state index contributed by atoms with van der Waals surface area (Å²) in [6.07, 6.45) is 4.56. The molecule has 0 bridgehead atoms. The average Bonchev–Trinajstić information content (AvgIpc) is 2.83. The van der Waals surface area contributed by atoms with E-state index in [4.69, 9.17) is 9.15 Å². The van der Waals surface area contributed by atoms with Gasteiger partial charge < -0.3 is 14.1 Å². The Labute approximate surface area is 114 Å². The molecule has 2 atom stereocenters. The van der Waals surface area contributed by atoms with Gasteiger partial charge in [-0.3, -0.25) is 4.79 Å². The highest BCUT2D eigenvalue weighted by atomic mass is 16.5. The van der Waals surface area contributed by atoms with Crippen LogP contribution in [0.25, 0.3) is 0 Å². The third-order valence-electron chi connectivity index (χ3n) is 3.91. The lowest BCUT2D eigenvalue weighted by molar-refractivity contribution is -0.144. The summed E-state index contributed by atoms with van der Waals surface area (Å²) in [6.45, 7) is 5.39. The van der Waals surface area contributed by atoms with E-state index in [1.165, 1.54) is 0 Å². The Morgan fingerprint density at radius 3 is 2.95 bits per heavy atom. The maximum absolute atomic E-state index is 12.5. The van der Waals surface area contributed by atoms with Crippen molar-refractivity contribution in [2.75, 3.05) is 13.7 Å². The number of ether oxygens (including phenoxy) is 1. The van der Waals surface area contributed by atoms with Gasteiger partial charge in [0.25, 0.3) is 0 Å². The van der Waals surface area contributed by atoms with Gasteiger partial charge in [-0.2, -0.15) is 0 Å². The quantitative estimate of drug-likeness (QED) is 0.840. The van der Waals surface area contributed by atoms with Crippen LogP contribution in [0.3, 0.4) is 0 Å². The van der Waals surface area contributed by atoms with Crippen molar-refractivity contribution in [3.05, 3.63) is 23.7 Å². The monoisotopic (exact) mass is 265 g/mol. The van der Waals surface area contributed by atoms with Crippen LogP contribution in [-0.2, 0) is 16.1 Å². The van der Waals surface area contributed by atoms with Crippen LogP contribution >= 0.6 is 0 Å². The van der Waals surface area contributed by atoms with Gasteiger partial charge in [-0.05, 0) is 32.3 Å². The summed E-state index contributed by atoms with van der Waals surface area (Å²) in [7, 11) is 1.86. The molecule has 0 aliphatic carbocycles. The second kappa shape index (κ2) is 6.24. The molecule has 1 amide bonds. The van der Waals surface area contributed by atoms with Crippen molar-refractivity contribution in [2.24, 2.45) is 5.92 Å². The van der Waals surface area contributed by atoms with E-state index >= 15 is 0 Å². The molecular weight excluding hydrogens is 242 g/mol. The third-order valence-corrected chi connectivity index (χ3v) is 3.91. The van der Waals surface area contributed by atoms with Crippen molar-refractivity contribution in [3.63, 3.8) is 0 Å².